The summed E-state index contributed by atoms with van der Waals surface area (Å²) in [6.45, 7) is 0. The van der Waals surface area contributed by atoms with Crippen LogP contribution < -0.4 is 4.74 Å². The fourth-order valence-electron chi connectivity index (χ4n) is 1.94. The monoisotopic (exact) mass is 285 g/mol. The number of rotatable bonds is 4. The van der Waals surface area contributed by atoms with E-state index in [2.05, 4.69) is 9.72 Å². The van der Waals surface area contributed by atoms with Crippen molar-refractivity contribution in [2.45, 2.75) is 12.8 Å². The van der Waals surface area contributed by atoms with Crippen LogP contribution in [0.4, 0.5) is 13.6 Å². The summed E-state index contributed by atoms with van der Waals surface area (Å²) in [5.74, 6) is -3.21. The summed E-state index contributed by atoms with van der Waals surface area (Å²) in [4.78, 5) is 23.6. The third-order valence-corrected chi connectivity index (χ3v) is 2.66. The van der Waals surface area contributed by atoms with Crippen LogP contribution in [0.15, 0.2) is 12.1 Å². The maximum Gasteiger partial charge on any atom is 0.512 e. The Morgan fingerprint density at radius 1 is 1.25 bits per heavy atom. The lowest BCUT2D eigenvalue weighted by molar-refractivity contribution is -0.136. The zero-order valence-electron chi connectivity index (χ0n) is 9.94. The molecule has 0 atom stereocenters. The lowest BCUT2D eigenvalue weighted by Gasteiger charge is -2.02. The Morgan fingerprint density at radius 2 is 1.95 bits per heavy atom. The molecule has 2 aromatic rings. The minimum absolute atomic E-state index is 0.000797. The fourth-order valence-corrected chi connectivity index (χ4v) is 1.94. The molecule has 0 saturated carbocycles. The number of aliphatic carboxylic acids is 1. The molecule has 0 aliphatic heterocycles. The Labute approximate surface area is 110 Å². The number of halogens is 2. The van der Waals surface area contributed by atoms with Crippen LogP contribution in [0.2, 0.25) is 0 Å². The first-order valence-electron chi connectivity index (χ1n) is 5.50. The van der Waals surface area contributed by atoms with E-state index < -0.39 is 23.8 Å². The van der Waals surface area contributed by atoms with Crippen molar-refractivity contribution in [1.29, 1.82) is 0 Å². The standard InChI is InChI=1S/C12H9F2NO5/c13-5-3-7(14)10-6(1-2-9(16)17)11(20-12(18)19)15-8(10)4-5/h3-4,15H,1-2H2,(H,16,17)(H,18,19). The highest BCUT2D eigenvalue weighted by Gasteiger charge is 2.20. The molecule has 1 heterocycles. The summed E-state index contributed by atoms with van der Waals surface area (Å²) in [6, 6.07) is 1.60. The summed E-state index contributed by atoms with van der Waals surface area (Å²) in [5, 5.41) is 17.2. The van der Waals surface area contributed by atoms with Gasteiger partial charge in [-0.3, -0.25) is 4.79 Å². The van der Waals surface area contributed by atoms with Gasteiger partial charge in [0.25, 0.3) is 0 Å². The molecule has 0 unspecified atom stereocenters. The number of aromatic amines is 1. The van der Waals surface area contributed by atoms with Gasteiger partial charge in [-0.25, -0.2) is 13.6 Å². The lowest BCUT2D eigenvalue weighted by atomic mass is 10.1. The van der Waals surface area contributed by atoms with Gasteiger partial charge >= 0.3 is 12.1 Å². The number of aromatic nitrogens is 1. The van der Waals surface area contributed by atoms with Crippen LogP contribution in [0.25, 0.3) is 10.9 Å². The third kappa shape index (κ3) is 2.68. The third-order valence-electron chi connectivity index (χ3n) is 2.66. The smallest absolute Gasteiger partial charge is 0.481 e. The largest absolute Gasteiger partial charge is 0.512 e. The molecule has 0 bridgehead atoms. The topological polar surface area (TPSA) is 99.6 Å². The highest BCUT2D eigenvalue weighted by atomic mass is 19.1. The average Bonchev–Trinajstić information content (AvgIpc) is 2.62. The number of benzene rings is 1. The molecule has 3 N–H and O–H groups in total. The second-order valence-electron chi connectivity index (χ2n) is 4.00. The van der Waals surface area contributed by atoms with Crippen LogP contribution in [-0.4, -0.2) is 27.3 Å². The number of carboxylic acids is 1. The van der Waals surface area contributed by atoms with Crippen molar-refractivity contribution in [2.24, 2.45) is 0 Å². The van der Waals surface area contributed by atoms with Crippen molar-refractivity contribution in [3.05, 3.63) is 29.3 Å². The van der Waals surface area contributed by atoms with Gasteiger partial charge in [0.05, 0.1) is 5.52 Å². The van der Waals surface area contributed by atoms with Gasteiger partial charge in [-0.05, 0) is 12.5 Å². The number of carboxylic acid groups (broad SMARTS) is 2. The van der Waals surface area contributed by atoms with E-state index in [4.69, 9.17) is 10.2 Å². The Morgan fingerprint density at radius 3 is 2.55 bits per heavy atom. The van der Waals surface area contributed by atoms with Gasteiger partial charge in [0.2, 0.25) is 5.88 Å². The number of aryl methyl sites for hydroxylation is 1. The highest BCUT2D eigenvalue weighted by molar-refractivity contribution is 5.88. The molecule has 0 spiro atoms. The molecule has 0 radical (unpaired) electrons. The molecule has 2 rings (SSSR count). The minimum Gasteiger partial charge on any atom is -0.481 e. The molecule has 0 aliphatic rings. The quantitative estimate of drug-likeness (QED) is 0.749. The summed E-state index contributed by atoms with van der Waals surface area (Å²) < 4.78 is 31.3. The molecule has 106 valence electrons. The lowest BCUT2D eigenvalue weighted by Crippen LogP contribution is -2.06. The SMILES string of the molecule is O=C(O)CCc1c(OC(=O)O)[nH]c2cc(F)cc(F)c12. The normalized spacial score (nSPS) is 10.7. The molecule has 0 amide bonds. The van der Waals surface area contributed by atoms with Crippen molar-refractivity contribution >= 4 is 23.0 Å². The second kappa shape index (κ2) is 5.16. The molecule has 1 aromatic heterocycles. The van der Waals surface area contributed by atoms with Gasteiger partial charge in [0, 0.05) is 23.4 Å². The molecule has 8 heteroatoms. The minimum atomic E-state index is -1.64. The number of hydrogen-bond acceptors (Lipinski definition) is 3. The van der Waals surface area contributed by atoms with Gasteiger partial charge in [-0.1, -0.05) is 0 Å². The van der Waals surface area contributed by atoms with Crippen molar-refractivity contribution in [2.75, 3.05) is 0 Å². The van der Waals surface area contributed by atoms with Crippen LogP contribution >= 0.6 is 0 Å². The van der Waals surface area contributed by atoms with E-state index in [0.29, 0.717) is 6.07 Å². The molecule has 20 heavy (non-hydrogen) atoms. The average molecular weight is 285 g/mol. The van der Waals surface area contributed by atoms with Crippen LogP contribution in [0, 0.1) is 11.6 Å². The first-order chi connectivity index (χ1) is 9.38. The predicted octanol–water partition coefficient (Wildman–Crippen LogP) is 2.52. The van der Waals surface area contributed by atoms with Crippen LogP contribution in [0.1, 0.15) is 12.0 Å². The second-order valence-corrected chi connectivity index (χ2v) is 4.00. The molecular formula is C12H9F2NO5. The molecule has 0 saturated heterocycles. The van der Waals surface area contributed by atoms with E-state index in [1.54, 1.807) is 0 Å². The number of nitrogens with one attached hydrogen (secondary N) is 1. The number of carbonyl (C=O) groups is 2. The van der Waals surface area contributed by atoms with Gasteiger partial charge in [0.1, 0.15) is 11.6 Å². The molecule has 6 nitrogen and oxygen atoms in total. The van der Waals surface area contributed by atoms with Crippen LogP contribution in [0.3, 0.4) is 0 Å². The van der Waals surface area contributed by atoms with E-state index >= 15 is 0 Å². The Kier molecular flexibility index (Phi) is 3.55. The maximum absolute atomic E-state index is 13.8. The van der Waals surface area contributed by atoms with Gasteiger partial charge < -0.3 is 19.9 Å². The zero-order valence-corrected chi connectivity index (χ0v) is 9.94. The van der Waals surface area contributed by atoms with Crippen molar-refractivity contribution < 1.29 is 33.3 Å². The van der Waals surface area contributed by atoms with Gasteiger partial charge in [0.15, 0.2) is 0 Å². The highest BCUT2D eigenvalue weighted by Crippen LogP contribution is 2.32. The zero-order chi connectivity index (χ0) is 14.9. The maximum atomic E-state index is 13.8. The Hall–Kier alpha value is -2.64. The van der Waals surface area contributed by atoms with E-state index in [0.717, 1.165) is 6.07 Å². The first kappa shape index (κ1) is 13.8. The number of hydrogen-bond donors (Lipinski definition) is 3. The van der Waals surface area contributed by atoms with Crippen molar-refractivity contribution in [3.8, 4) is 5.88 Å². The molecule has 1 aromatic carbocycles. The summed E-state index contributed by atoms with van der Waals surface area (Å²) in [7, 11) is 0. The van der Waals surface area contributed by atoms with E-state index in [9.17, 15) is 18.4 Å². The van der Waals surface area contributed by atoms with Crippen molar-refractivity contribution in [1.82, 2.24) is 4.98 Å². The van der Waals surface area contributed by atoms with Gasteiger partial charge in [-0.2, -0.15) is 0 Å². The number of ether oxygens (including phenoxy) is 1. The van der Waals surface area contributed by atoms with Crippen LogP contribution in [0.5, 0.6) is 5.88 Å². The number of H-pyrrole nitrogens is 1. The van der Waals surface area contributed by atoms with E-state index in [1.807, 2.05) is 0 Å². The molecule has 0 fully saturated rings. The Balaban J connectivity index is 2.58. The fraction of sp³-hybridized carbons (Fsp3) is 0.167. The summed E-state index contributed by atoms with van der Waals surface area (Å²) in [5.41, 5.74) is 0.0430. The predicted molar refractivity (Wildman–Crippen MR) is 62.8 cm³/mol. The van der Waals surface area contributed by atoms with Gasteiger partial charge in [-0.15, -0.1) is 0 Å². The van der Waals surface area contributed by atoms with E-state index in [-0.39, 0.29) is 35.2 Å². The Bertz CT molecular complexity index is 695. The van der Waals surface area contributed by atoms with Crippen LogP contribution in [-0.2, 0) is 11.2 Å². The first-order valence-corrected chi connectivity index (χ1v) is 5.50. The molecular weight excluding hydrogens is 276 g/mol. The number of fused-ring (bicyclic) bond motifs is 1. The van der Waals surface area contributed by atoms with E-state index in [1.165, 1.54) is 0 Å². The molecule has 0 aliphatic carbocycles. The van der Waals surface area contributed by atoms with Crippen molar-refractivity contribution in [3.63, 3.8) is 0 Å². The summed E-state index contributed by atoms with van der Waals surface area (Å²) >= 11 is 0. The summed E-state index contributed by atoms with van der Waals surface area (Å²) in [6.07, 6.45) is -2.14.